The maximum atomic E-state index is 10.6. The molecule has 1 aromatic heterocycles. The number of hydrogen-bond donors (Lipinski definition) is 1. The molecular weight excluding hydrogens is 154 g/mol. The molecule has 0 saturated heterocycles. The molecule has 0 atom stereocenters. The lowest BCUT2D eigenvalue weighted by Crippen LogP contribution is -2.20. The minimum absolute atomic E-state index is 0.178. The predicted molar refractivity (Wildman–Crippen MR) is 45.5 cm³/mol. The van der Waals surface area contributed by atoms with E-state index >= 15 is 0 Å². The Bertz CT molecular complexity index is 290. The molecule has 66 valence electrons. The van der Waals surface area contributed by atoms with Crippen molar-refractivity contribution in [2.24, 2.45) is 5.73 Å². The van der Waals surface area contributed by atoms with Gasteiger partial charge in [0.05, 0.1) is 5.69 Å². The molecule has 0 aromatic carbocycles. The van der Waals surface area contributed by atoms with Gasteiger partial charge < -0.3 is 5.73 Å². The molecule has 2 N–H and O–H groups in total. The average Bonchev–Trinajstić information content (AvgIpc) is 2.29. The van der Waals surface area contributed by atoms with Gasteiger partial charge in [0.25, 0.3) is 0 Å². The summed E-state index contributed by atoms with van der Waals surface area (Å²) >= 11 is 0. The van der Waals surface area contributed by atoms with Crippen LogP contribution < -0.4 is 5.73 Å². The largest absolute Gasteiger partial charge is 0.368 e. The van der Waals surface area contributed by atoms with Crippen LogP contribution in [0.3, 0.4) is 0 Å². The quantitative estimate of drug-likeness (QED) is 0.701. The van der Waals surface area contributed by atoms with Crippen molar-refractivity contribution in [2.75, 3.05) is 0 Å². The van der Waals surface area contributed by atoms with Crippen molar-refractivity contribution in [3.05, 3.63) is 17.5 Å². The standard InChI is InChI=1S/C8H13N3O/c1-3-7-4-6(2)10-11(7)5-8(9)12/h4H,3,5H2,1-2H3,(H2,9,12). The maximum absolute atomic E-state index is 10.6. The number of hydrogen-bond acceptors (Lipinski definition) is 2. The third-order valence-corrected chi connectivity index (χ3v) is 1.65. The number of rotatable bonds is 3. The molecule has 1 aromatic rings. The molecule has 0 radical (unpaired) electrons. The van der Waals surface area contributed by atoms with E-state index in [1.54, 1.807) is 4.68 Å². The Kier molecular flexibility index (Phi) is 2.47. The molecule has 0 fully saturated rings. The molecule has 1 amide bonds. The Morgan fingerprint density at radius 2 is 2.42 bits per heavy atom. The van der Waals surface area contributed by atoms with Crippen LogP contribution in [0.4, 0.5) is 0 Å². The third-order valence-electron chi connectivity index (χ3n) is 1.65. The van der Waals surface area contributed by atoms with Crippen molar-refractivity contribution in [1.82, 2.24) is 9.78 Å². The van der Waals surface area contributed by atoms with E-state index in [2.05, 4.69) is 5.10 Å². The fraction of sp³-hybridized carbons (Fsp3) is 0.500. The zero-order valence-electron chi connectivity index (χ0n) is 7.37. The molecule has 1 rings (SSSR count). The highest BCUT2D eigenvalue weighted by atomic mass is 16.1. The van der Waals surface area contributed by atoms with Crippen molar-refractivity contribution in [3.8, 4) is 0 Å². The molecule has 0 aliphatic carbocycles. The van der Waals surface area contributed by atoms with Gasteiger partial charge in [-0.15, -0.1) is 0 Å². The van der Waals surface area contributed by atoms with Crippen LogP contribution in [0.25, 0.3) is 0 Å². The lowest BCUT2D eigenvalue weighted by atomic mass is 10.3. The molecule has 0 unspecified atom stereocenters. The van der Waals surface area contributed by atoms with Crippen molar-refractivity contribution in [2.45, 2.75) is 26.8 Å². The summed E-state index contributed by atoms with van der Waals surface area (Å²) in [7, 11) is 0. The highest BCUT2D eigenvalue weighted by Gasteiger charge is 2.04. The Hall–Kier alpha value is -1.32. The van der Waals surface area contributed by atoms with Gasteiger partial charge >= 0.3 is 0 Å². The number of primary amides is 1. The van der Waals surface area contributed by atoms with Crippen LogP contribution >= 0.6 is 0 Å². The van der Waals surface area contributed by atoms with E-state index in [0.29, 0.717) is 0 Å². The summed E-state index contributed by atoms with van der Waals surface area (Å²) < 4.78 is 1.65. The van der Waals surface area contributed by atoms with Crippen molar-refractivity contribution < 1.29 is 4.79 Å². The Labute approximate surface area is 71.4 Å². The van der Waals surface area contributed by atoms with Crippen LogP contribution in [0.5, 0.6) is 0 Å². The van der Waals surface area contributed by atoms with Crippen LogP contribution in [-0.4, -0.2) is 15.7 Å². The monoisotopic (exact) mass is 167 g/mol. The van der Waals surface area contributed by atoms with Gasteiger partial charge in [-0.1, -0.05) is 6.92 Å². The van der Waals surface area contributed by atoms with Crippen molar-refractivity contribution >= 4 is 5.91 Å². The molecule has 0 saturated carbocycles. The third kappa shape index (κ3) is 1.84. The summed E-state index contributed by atoms with van der Waals surface area (Å²) in [6.45, 7) is 4.10. The molecule has 1 heterocycles. The van der Waals surface area contributed by atoms with E-state index in [1.807, 2.05) is 19.9 Å². The lowest BCUT2D eigenvalue weighted by Gasteiger charge is -2.00. The number of amides is 1. The molecule has 4 nitrogen and oxygen atoms in total. The Morgan fingerprint density at radius 1 is 1.75 bits per heavy atom. The molecule has 0 spiro atoms. The first-order valence-electron chi connectivity index (χ1n) is 3.95. The smallest absolute Gasteiger partial charge is 0.239 e. The molecule has 0 aliphatic rings. The van der Waals surface area contributed by atoms with Gasteiger partial charge in [-0.2, -0.15) is 5.10 Å². The highest BCUT2D eigenvalue weighted by Crippen LogP contribution is 2.03. The van der Waals surface area contributed by atoms with Crippen LogP contribution in [0.2, 0.25) is 0 Å². The normalized spacial score (nSPS) is 10.2. The van der Waals surface area contributed by atoms with Gasteiger partial charge in [0.15, 0.2) is 0 Å². The SMILES string of the molecule is CCc1cc(C)nn1CC(N)=O. The topological polar surface area (TPSA) is 60.9 Å². The second kappa shape index (κ2) is 3.38. The Balaban J connectivity index is 2.89. The summed E-state index contributed by atoms with van der Waals surface area (Å²) in [4.78, 5) is 10.6. The molecule has 4 heteroatoms. The summed E-state index contributed by atoms with van der Waals surface area (Å²) in [6.07, 6.45) is 0.869. The minimum Gasteiger partial charge on any atom is -0.368 e. The highest BCUT2D eigenvalue weighted by molar-refractivity contribution is 5.73. The van der Waals surface area contributed by atoms with Crippen LogP contribution in [0.15, 0.2) is 6.07 Å². The van der Waals surface area contributed by atoms with E-state index < -0.39 is 0 Å². The lowest BCUT2D eigenvalue weighted by molar-refractivity contribution is -0.118. The van der Waals surface area contributed by atoms with Gasteiger partial charge in [-0.25, -0.2) is 0 Å². The number of nitrogens with two attached hydrogens (primary N) is 1. The number of carbonyl (C=O) groups is 1. The molecular formula is C8H13N3O. The maximum Gasteiger partial charge on any atom is 0.239 e. The van der Waals surface area contributed by atoms with Crippen molar-refractivity contribution in [3.63, 3.8) is 0 Å². The van der Waals surface area contributed by atoms with Gasteiger partial charge in [0.2, 0.25) is 5.91 Å². The van der Waals surface area contributed by atoms with Crippen LogP contribution in [0, 0.1) is 6.92 Å². The molecule has 0 bridgehead atoms. The second-order valence-corrected chi connectivity index (χ2v) is 2.75. The summed E-state index contributed by atoms with van der Waals surface area (Å²) in [5, 5.41) is 4.14. The first-order chi connectivity index (χ1) is 5.63. The van der Waals surface area contributed by atoms with E-state index in [-0.39, 0.29) is 12.5 Å². The van der Waals surface area contributed by atoms with E-state index in [0.717, 1.165) is 17.8 Å². The van der Waals surface area contributed by atoms with E-state index in [4.69, 9.17) is 5.73 Å². The van der Waals surface area contributed by atoms with Crippen molar-refractivity contribution in [1.29, 1.82) is 0 Å². The van der Waals surface area contributed by atoms with Gasteiger partial charge in [0.1, 0.15) is 6.54 Å². The fourth-order valence-electron chi connectivity index (χ4n) is 1.17. The summed E-state index contributed by atoms with van der Waals surface area (Å²) in [6, 6.07) is 1.96. The first-order valence-corrected chi connectivity index (χ1v) is 3.95. The number of aryl methyl sites for hydroxylation is 2. The second-order valence-electron chi connectivity index (χ2n) is 2.75. The summed E-state index contributed by atoms with van der Waals surface area (Å²) in [5.74, 6) is -0.354. The number of nitrogens with zero attached hydrogens (tertiary/aromatic N) is 2. The van der Waals surface area contributed by atoms with Gasteiger partial charge in [0, 0.05) is 5.69 Å². The number of carbonyl (C=O) groups excluding carboxylic acids is 1. The first kappa shape index (κ1) is 8.77. The average molecular weight is 167 g/mol. The molecule has 0 aliphatic heterocycles. The van der Waals surface area contributed by atoms with Crippen LogP contribution in [0.1, 0.15) is 18.3 Å². The predicted octanol–water partition coefficient (Wildman–Crippen LogP) is 0.239. The van der Waals surface area contributed by atoms with Gasteiger partial charge in [-0.05, 0) is 19.4 Å². The fourth-order valence-corrected chi connectivity index (χ4v) is 1.17. The van der Waals surface area contributed by atoms with Crippen LogP contribution in [-0.2, 0) is 17.8 Å². The summed E-state index contributed by atoms with van der Waals surface area (Å²) in [5.41, 5.74) is 7.03. The minimum atomic E-state index is -0.354. The van der Waals surface area contributed by atoms with E-state index in [9.17, 15) is 4.79 Å². The Morgan fingerprint density at radius 3 is 2.92 bits per heavy atom. The zero-order valence-corrected chi connectivity index (χ0v) is 7.37. The van der Waals surface area contributed by atoms with Gasteiger partial charge in [-0.3, -0.25) is 9.48 Å². The van der Waals surface area contributed by atoms with E-state index in [1.165, 1.54) is 0 Å². The number of aromatic nitrogens is 2. The zero-order chi connectivity index (χ0) is 9.14. The molecule has 12 heavy (non-hydrogen) atoms.